The van der Waals surface area contributed by atoms with Crippen LogP contribution in [0.2, 0.25) is 0 Å². The number of nitrogens with zero attached hydrogens (tertiary/aromatic N) is 2. The van der Waals surface area contributed by atoms with Crippen LogP contribution in [-0.4, -0.2) is 52.7 Å². The number of anilines is 1. The second-order valence-corrected chi connectivity index (χ2v) is 8.13. The zero-order valence-corrected chi connectivity index (χ0v) is 17.6. The van der Waals surface area contributed by atoms with E-state index in [0.717, 1.165) is 61.2 Å². The number of phenols is 1. The normalized spacial score (nSPS) is 19.0. The molecule has 3 rings (SSSR count). The van der Waals surface area contributed by atoms with Crippen molar-refractivity contribution in [1.82, 2.24) is 4.90 Å². The molecule has 1 unspecified atom stereocenters. The van der Waals surface area contributed by atoms with Gasteiger partial charge in [0.25, 0.3) is 0 Å². The fraction of sp³-hybridized carbons (Fsp3) is 0.500. The lowest BCUT2D eigenvalue weighted by molar-refractivity contribution is -0.142. The molecule has 2 aliphatic rings. The first-order valence-electron chi connectivity index (χ1n) is 10.8. The second-order valence-electron chi connectivity index (χ2n) is 8.13. The second kappa shape index (κ2) is 9.94. The molecule has 1 aromatic carbocycles. The van der Waals surface area contributed by atoms with Gasteiger partial charge in [0.15, 0.2) is 0 Å². The summed E-state index contributed by atoms with van der Waals surface area (Å²) in [5.74, 6) is -0.347. The van der Waals surface area contributed by atoms with Gasteiger partial charge in [-0.2, -0.15) is 0 Å². The monoisotopic (exact) mass is 412 g/mol. The Labute approximate surface area is 178 Å². The van der Waals surface area contributed by atoms with Crippen molar-refractivity contribution >= 4 is 17.6 Å². The Morgan fingerprint density at radius 2 is 1.90 bits per heavy atom. The van der Waals surface area contributed by atoms with E-state index in [-0.39, 0.29) is 17.7 Å². The molecule has 30 heavy (non-hydrogen) atoms. The maximum absolute atomic E-state index is 12.7. The van der Waals surface area contributed by atoms with Crippen LogP contribution in [0.3, 0.4) is 0 Å². The molecule has 2 heterocycles. The average Bonchev–Trinajstić information content (AvgIpc) is 3.19. The maximum atomic E-state index is 12.7. The number of carbonyl (C=O) groups is 2. The van der Waals surface area contributed by atoms with E-state index in [1.54, 1.807) is 12.2 Å². The van der Waals surface area contributed by atoms with E-state index < -0.39 is 5.97 Å². The largest absolute Gasteiger partial charge is 0.507 e. The van der Waals surface area contributed by atoms with Gasteiger partial charge in [-0.15, -0.1) is 13.2 Å². The molecule has 0 aliphatic carbocycles. The third kappa shape index (κ3) is 4.59. The van der Waals surface area contributed by atoms with Crippen LogP contribution in [0.4, 0.5) is 5.69 Å². The first-order chi connectivity index (χ1) is 14.5. The number of benzene rings is 1. The molecule has 6 heteroatoms. The van der Waals surface area contributed by atoms with Gasteiger partial charge in [0, 0.05) is 24.2 Å². The average molecular weight is 413 g/mol. The van der Waals surface area contributed by atoms with E-state index in [4.69, 9.17) is 0 Å². The third-order valence-corrected chi connectivity index (χ3v) is 6.19. The molecule has 2 aliphatic heterocycles. The van der Waals surface area contributed by atoms with Gasteiger partial charge in [-0.25, -0.2) is 0 Å². The number of unbranched alkanes of at least 4 members (excludes halogenated alkanes) is 1. The van der Waals surface area contributed by atoms with Crippen LogP contribution in [0.25, 0.3) is 0 Å². The molecule has 6 nitrogen and oxygen atoms in total. The molecule has 0 radical (unpaired) electrons. The highest BCUT2D eigenvalue weighted by Gasteiger charge is 2.31. The topological polar surface area (TPSA) is 81.1 Å². The number of fused-ring (bicyclic) bond motifs is 1. The Balaban J connectivity index is 1.73. The fourth-order valence-electron chi connectivity index (χ4n) is 4.71. The van der Waals surface area contributed by atoms with E-state index in [0.29, 0.717) is 32.2 Å². The summed E-state index contributed by atoms with van der Waals surface area (Å²) < 4.78 is 0. The number of carbonyl (C=O) groups excluding carboxylic acids is 1. The van der Waals surface area contributed by atoms with Gasteiger partial charge in [-0.05, 0) is 75.2 Å². The van der Waals surface area contributed by atoms with E-state index in [2.05, 4.69) is 13.2 Å². The minimum Gasteiger partial charge on any atom is -0.507 e. The van der Waals surface area contributed by atoms with Crippen molar-refractivity contribution < 1.29 is 19.8 Å². The first kappa shape index (κ1) is 22.1. The summed E-state index contributed by atoms with van der Waals surface area (Å²) in [7, 11) is 0. The summed E-state index contributed by atoms with van der Waals surface area (Å²) in [6.07, 6.45) is 9.00. The van der Waals surface area contributed by atoms with Crippen LogP contribution in [0.15, 0.2) is 31.4 Å². The van der Waals surface area contributed by atoms with E-state index in [1.165, 1.54) is 0 Å². The van der Waals surface area contributed by atoms with Gasteiger partial charge in [-0.1, -0.05) is 12.2 Å². The van der Waals surface area contributed by atoms with Crippen LogP contribution in [-0.2, 0) is 28.9 Å². The number of likely N-dealkylation sites (tertiary alicyclic amines) is 1. The summed E-state index contributed by atoms with van der Waals surface area (Å²) in [5.41, 5.74) is 3.56. The number of carboxylic acid groups (broad SMARTS) is 1. The number of hydrogen-bond acceptors (Lipinski definition) is 4. The molecule has 1 atom stereocenters. The van der Waals surface area contributed by atoms with Crippen LogP contribution in [0.5, 0.6) is 5.75 Å². The highest BCUT2D eigenvalue weighted by Crippen LogP contribution is 2.39. The molecule has 1 fully saturated rings. The summed E-state index contributed by atoms with van der Waals surface area (Å²) in [4.78, 5) is 27.9. The van der Waals surface area contributed by atoms with Crippen LogP contribution in [0, 0.1) is 0 Å². The molecule has 1 aromatic rings. The standard InChI is InChI=1S/C24H32N2O4/c1-3-8-17-16-21-18(19(9-4-2)23(17)28)11-12-22(27)26(21)15-6-5-13-25-14-7-10-20(25)24(29)30/h3-4,16,20,28H,1-2,5-15H2,(H,29,30). The Morgan fingerprint density at radius 1 is 1.17 bits per heavy atom. The van der Waals surface area contributed by atoms with Crippen molar-refractivity contribution in [3.8, 4) is 5.75 Å². The van der Waals surface area contributed by atoms with Crippen molar-refractivity contribution in [3.05, 3.63) is 48.1 Å². The number of rotatable bonds is 10. The maximum Gasteiger partial charge on any atom is 0.320 e. The minimum atomic E-state index is -0.739. The molecule has 0 aromatic heterocycles. The van der Waals surface area contributed by atoms with Gasteiger partial charge >= 0.3 is 5.97 Å². The first-order valence-corrected chi connectivity index (χ1v) is 10.8. The molecule has 1 amide bonds. The SMILES string of the molecule is C=CCc1cc2c(c(CC=C)c1O)CCC(=O)N2CCCCN1CCCC1C(=O)O. The molecule has 1 saturated heterocycles. The number of aromatic hydroxyl groups is 1. The molecule has 0 saturated carbocycles. The Kier molecular flexibility index (Phi) is 7.32. The van der Waals surface area contributed by atoms with E-state index >= 15 is 0 Å². The predicted octanol–water partition coefficient (Wildman–Crippen LogP) is 3.46. The molecule has 0 spiro atoms. The van der Waals surface area contributed by atoms with Gasteiger partial charge in [0.1, 0.15) is 11.8 Å². The van der Waals surface area contributed by atoms with Crippen LogP contribution >= 0.6 is 0 Å². The van der Waals surface area contributed by atoms with Gasteiger partial charge in [-0.3, -0.25) is 14.5 Å². The Morgan fingerprint density at radius 3 is 2.60 bits per heavy atom. The molecular weight excluding hydrogens is 380 g/mol. The zero-order chi connectivity index (χ0) is 21.7. The smallest absolute Gasteiger partial charge is 0.320 e. The lowest BCUT2D eigenvalue weighted by Crippen LogP contribution is -2.38. The number of aliphatic carboxylic acids is 1. The van der Waals surface area contributed by atoms with Crippen molar-refractivity contribution in [2.45, 2.75) is 57.4 Å². The number of allylic oxidation sites excluding steroid dienone is 2. The highest BCUT2D eigenvalue weighted by atomic mass is 16.4. The zero-order valence-electron chi connectivity index (χ0n) is 17.6. The molecular formula is C24H32N2O4. The number of amides is 1. The Bertz CT molecular complexity index is 833. The lowest BCUT2D eigenvalue weighted by Gasteiger charge is -2.32. The lowest BCUT2D eigenvalue weighted by atomic mass is 9.90. The summed E-state index contributed by atoms with van der Waals surface area (Å²) in [6, 6.07) is 1.56. The van der Waals surface area contributed by atoms with E-state index in [1.807, 2.05) is 15.9 Å². The number of carboxylic acids is 1. The predicted molar refractivity (Wildman–Crippen MR) is 118 cm³/mol. The third-order valence-electron chi connectivity index (χ3n) is 6.19. The van der Waals surface area contributed by atoms with Gasteiger partial charge < -0.3 is 15.1 Å². The van der Waals surface area contributed by atoms with Crippen molar-refractivity contribution in [1.29, 1.82) is 0 Å². The van der Waals surface area contributed by atoms with Crippen molar-refractivity contribution in [2.75, 3.05) is 24.5 Å². The Hall–Kier alpha value is -2.60. The minimum absolute atomic E-state index is 0.104. The molecule has 2 N–H and O–H groups in total. The summed E-state index contributed by atoms with van der Waals surface area (Å²) in [6.45, 7) is 9.76. The quantitative estimate of drug-likeness (QED) is 0.454. The highest BCUT2D eigenvalue weighted by molar-refractivity contribution is 5.97. The number of hydrogen-bond donors (Lipinski definition) is 2. The van der Waals surface area contributed by atoms with Crippen LogP contribution in [0.1, 0.15) is 48.8 Å². The van der Waals surface area contributed by atoms with Crippen molar-refractivity contribution in [3.63, 3.8) is 0 Å². The summed E-state index contributed by atoms with van der Waals surface area (Å²) in [5, 5.41) is 20.0. The molecule has 162 valence electrons. The summed E-state index contributed by atoms with van der Waals surface area (Å²) >= 11 is 0. The van der Waals surface area contributed by atoms with Gasteiger partial charge in [0.2, 0.25) is 5.91 Å². The van der Waals surface area contributed by atoms with Crippen molar-refractivity contribution in [2.24, 2.45) is 0 Å². The van der Waals surface area contributed by atoms with E-state index in [9.17, 15) is 19.8 Å². The fourth-order valence-corrected chi connectivity index (χ4v) is 4.71. The van der Waals surface area contributed by atoms with Crippen LogP contribution < -0.4 is 4.90 Å². The van der Waals surface area contributed by atoms with Gasteiger partial charge in [0.05, 0.1) is 0 Å². The molecule has 0 bridgehead atoms. The number of phenolic OH excluding ortho intramolecular Hbond substituents is 1.